The molecule has 2 aromatic carbocycles. The number of rotatable bonds is 10. The molecule has 3 rings (SSSR count). The SMILES string of the molecule is CCOc1cc(/C=N\Nc2ncccc2[N+](=O)[O-])c(Br)cc1OCc1cccc([N+](=O)[O-])c1. The molecular formula is C21H18BrN5O6. The molecule has 1 heterocycles. The van der Waals surface area contributed by atoms with Crippen LogP contribution in [0, 0.1) is 20.2 Å². The minimum atomic E-state index is -0.554. The Morgan fingerprint density at radius 3 is 2.61 bits per heavy atom. The smallest absolute Gasteiger partial charge is 0.313 e. The van der Waals surface area contributed by atoms with E-state index in [1.54, 1.807) is 24.3 Å². The van der Waals surface area contributed by atoms with Crippen LogP contribution in [0.3, 0.4) is 0 Å². The highest BCUT2D eigenvalue weighted by molar-refractivity contribution is 9.10. The Labute approximate surface area is 196 Å². The van der Waals surface area contributed by atoms with E-state index in [1.807, 2.05) is 6.92 Å². The average Bonchev–Trinajstić information content (AvgIpc) is 2.80. The quantitative estimate of drug-likeness (QED) is 0.223. The van der Waals surface area contributed by atoms with Gasteiger partial charge in [0.15, 0.2) is 11.5 Å². The van der Waals surface area contributed by atoms with Crippen LogP contribution >= 0.6 is 15.9 Å². The first-order valence-corrected chi connectivity index (χ1v) is 10.4. The molecule has 1 aromatic heterocycles. The molecule has 170 valence electrons. The van der Waals surface area contributed by atoms with E-state index in [-0.39, 0.29) is 23.8 Å². The summed E-state index contributed by atoms with van der Waals surface area (Å²) in [4.78, 5) is 24.9. The van der Waals surface area contributed by atoms with Crippen LogP contribution in [-0.4, -0.2) is 27.7 Å². The molecule has 0 atom stereocenters. The largest absolute Gasteiger partial charge is 0.490 e. The van der Waals surface area contributed by atoms with Gasteiger partial charge in [-0.1, -0.05) is 12.1 Å². The summed E-state index contributed by atoms with van der Waals surface area (Å²) in [5, 5.41) is 26.1. The monoisotopic (exact) mass is 515 g/mol. The van der Waals surface area contributed by atoms with Gasteiger partial charge in [0.25, 0.3) is 5.69 Å². The number of aromatic nitrogens is 1. The summed E-state index contributed by atoms with van der Waals surface area (Å²) >= 11 is 3.45. The number of halogens is 1. The van der Waals surface area contributed by atoms with Crippen molar-refractivity contribution in [2.75, 3.05) is 12.0 Å². The van der Waals surface area contributed by atoms with Crippen molar-refractivity contribution in [2.24, 2.45) is 5.10 Å². The lowest BCUT2D eigenvalue weighted by molar-refractivity contribution is -0.385. The number of ether oxygens (including phenoxy) is 2. The Morgan fingerprint density at radius 1 is 1.09 bits per heavy atom. The van der Waals surface area contributed by atoms with E-state index in [0.717, 1.165) is 0 Å². The Bertz CT molecular complexity index is 1200. The van der Waals surface area contributed by atoms with E-state index in [4.69, 9.17) is 9.47 Å². The van der Waals surface area contributed by atoms with Crippen LogP contribution in [0.15, 0.2) is 64.3 Å². The maximum atomic E-state index is 11.1. The molecular weight excluding hydrogens is 498 g/mol. The number of hydrogen-bond acceptors (Lipinski definition) is 9. The molecule has 0 saturated heterocycles. The highest BCUT2D eigenvalue weighted by Crippen LogP contribution is 2.34. The number of nitrogens with zero attached hydrogens (tertiary/aromatic N) is 4. The van der Waals surface area contributed by atoms with Gasteiger partial charge in [-0.2, -0.15) is 5.10 Å². The summed E-state index contributed by atoms with van der Waals surface area (Å²) in [6.45, 7) is 2.30. The van der Waals surface area contributed by atoms with Gasteiger partial charge in [-0.15, -0.1) is 0 Å². The van der Waals surface area contributed by atoms with Crippen molar-refractivity contribution in [1.29, 1.82) is 0 Å². The zero-order valence-electron chi connectivity index (χ0n) is 17.3. The highest BCUT2D eigenvalue weighted by Gasteiger charge is 2.14. The van der Waals surface area contributed by atoms with Crippen LogP contribution in [0.2, 0.25) is 0 Å². The molecule has 12 heteroatoms. The number of pyridine rings is 1. The number of benzene rings is 2. The van der Waals surface area contributed by atoms with Crippen molar-refractivity contribution >= 4 is 39.3 Å². The van der Waals surface area contributed by atoms with Crippen molar-refractivity contribution in [3.63, 3.8) is 0 Å². The zero-order chi connectivity index (χ0) is 23.8. The van der Waals surface area contributed by atoms with E-state index in [9.17, 15) is 20.2 Å². The topological polar surface area (TPSA) is 142 Å². The second-order valence-electron chi connectivity index (χ2n) is 6.47. The first-order valence-electron chi connectivity index (χ1n) is 9.60. The number of hydrogen-bond donors (Lipinski definition) is 1. The number of non-ortho nitro benzene ring substituents is 1. The van der Waals surface area contributed by atoms with Crippen molar-refractivity contribution in [1.82, 2.24) is 4.98 Å². The van der Waals surface area contributed by atoms with Gasteiger partial charge in [0.1, 0.15) is 6.61 Å². The van der Waals surface area contributed by atoms with E-state index < -0.39 is 9.85 Å². The van der Waals surface area contributed by atoms with Gasteiger partial charge in [-0.05, 0) is 46.6 Å². The summed E-state index contributed by atoms with van der Waals surface area (Å²) in [5.41, 5.74) is 3.60. The molecule has 33 heavy (non-hydrogen) atoms. The highest BCUT2D eigenvalue weighted by atomic mass is 79.9. The van der Waals surface area contributed by atoms with Gasteiger partial charge in [0, 0.05) is 34.4 Å². The fourth-order valence-corrected chi connectivity index (χ4v) is 3.17. The molecule has 0 fully saturated rings. The fraction of sp³-hybridized carbons (Fsp3) is 0.143. The summed E-state index contributed by atoms with van der Waals surface area (Å²) < 4.78 is 12.1. The second kappa shape index (κ2) is 11.0. The molecule has 0 bridgehead atoms. The number of nitro benzene ring substituents is 1. The maximum Gasteiger partial charge on any atom is 0.313 e. The molecule has 0 spiro atoms. The lowest BCUT2D eigenvalue weighted by Gasteiger charge is -2.14. The third-order valence-corrected chi connectivity index (χ3v) is 4.92. The van der Waals surface area contributed by atoms with Gasteiger partial charge in [-0.25, -0.2) is 4.98 Å². The lowest BCUT2D eigenvalue weighted by atomic mass is 10.2. The van der Waals surface area contributed by atoms with Crippen molar-refractivity contribution in [3.8, 4) is 11.5 Å². The van der Waals surface area contributed by atoms with Gasteiger partial charge in [0.2, 0.25) is 5.82 Å². The predicted molar refractivity (Wildman–Crippen MR) is 125 cm³/mol. The zero-order valence-corrected chi connectivity index (χ0v) is 18.9. The van der Waals surface area contributed by atoms with Crippen molar-refractivity contribution in [2.45, 2.75) is 13.5 Å². The summed E-state index contributed by atoms with van der Waals surface area (Å²) in [6, 6.07) is 12.3. The van der Waals surface area contributed by atoms with Crippen molar-refractivity contribution in [3.05, 3.63) is 90.6 Å². The number of anilines is 1. The molecule has 0 aliphatic heterocycles. The first-order chi connectivity index (χ1) is 15.9. The number of nitrogens with one attached hydrogen (secondary N) is 1. The molecule has 11 nitrogen and oxygen atoms in total. The lowest BCUT2D eigenvalue weighted by Crippen LogP contribution is -2.02. The Kier molecular flexibility index (Phi) is 7.86. The predicted octanol–water partition coefficient (Wildman–Crippen LogP) is 5.08. The molecule has 0 saturated carbocycles. The van der Waals surface area contributed by atoms with E-state index in [0.29, 0.717) is 33.7 Å². The van der Waals surface area contributed by atoms with E-state index in [2.05, 4.69) is 31.4 Å². The van der Waals surface area contributed by atoms with Gasteiger partial charge < -0.3 is 9.47 Å². The van der Waals surface area contributed by atoms with Crippen LogP contribution in [0.5, 0.6) is 11.5 Å². The van der Waals surface area contributed by atoms with E-state index in [1.165, 1.54) is 36.7 Å². The number of nitro groups is 2. The minimum absolute atomic E-state index is 0.0109. The summed E-state index contributed by atoms with van der Waals surface area (Å²) in [6.07, 6.45) is 2.87. The van der Waals surface area contributed by atoms with Crippen molar-refractivity contribution < 1.29 is 19.3 Å². The average molecular weight is 516 g/mol. The molecule has 0 aliphatic rings. The standard InChI is InChI=1S/C21H18BrN5O6/c1-2-32-19-10-15(12-24-25-21-18(27(30)31)7-4-8-23-21)17(22)11-20(19)33-13-14-5-3-6-16(9-14)26(28)29/h3-12H,2,13H2,1H3,(H,23,25)/b24-12-. The van der Waals surface area contributed by atoms with Crippen LogP contribution < -0.4 is 14.9 Å². The van der Waals surface area contributed by atoms with Crippen LogP contribution in [0.1, 0.15) is 18.1 Å². The molecule has 0 aliphatic carbocycles. The molecule has 1 N–H and O–H groups in total. The fourth-order valence-electron chi connectivity index (χ4n) is 2.75. The molecule has 0 unspecified atom stereocenters. The number of hydrazone groups is 1. The molecule has 3 aromatic rings. The van der Waals surface area contributed by atoms with Crippen LogP contribution in [0.4, 0.5) is 17.2 Å². The van der Waals surface area contributed by atoms with E-state index >= 15 is 0 Å². The first kappa shape index (κ1) is 23.6. The Hall–Kier alpha value is -4.06. The van der Waals surface area contributed by atoms with Gasteiger partial charge >= 0.3 is 5.69 Å². The Balaban J connectivity index is 1.78. The molecule has 0 radical (unpaired) electrons. The molecule has 0 amide bonds. The second-order valence-corrected chi connectivity index (χ2v) is 7.32. The van der Waals surface area contributed by atoms with Gasteiger partial charge in [-0.3, -0.25) is 25.7 Å². The summed E-state index contributed by atoms with van der Waals surface area (Å²) in [5.74, 6) is 0.883. The maximum absolute atomic E-state index is 11.1. The third kappa shape index (κ3) is 6.23. The van der Waals surface area contributed by atoms with Gasteiger partial charge in [0.05, 0.1) is 22.7 Å². The summed E-state index contributed by atoms with van der Waals surface area (Å²) in [7, 11) is 0. The minimum Gasteiger partial charge on any atom is -0.490 e. The normalized spacial score (nSPS) is 10.7. The van der Waals surface area contributed by atoms with Crippen LogP contribution in [0.25, 0.3) is 0 Å². The third-order valence-electron chi connectivity index (χ3n) is 4.24. The Morgan fingerprint density at radius 2 is 1.88 bits per heavy atom. The van der Waals surface area contributed by atoms with Crippen LogP contribution in [-0.2, 0) is 6.61 Å².